The van der Waals surface area contributed by atoms with Crippen molar-refractivity contribution in [3.63, 3.8) is 0 Å². The van der Waals surface area contributed by atoms with Crippen molar-refractivity contribution in [1.29, 1.82) is 5.26 Å². The van der Waals surface area contributed by atoms with Gasteiger partial charge in [-0.1, -0.05) is 17.7 Å². The molecule has 0 radical (unpaired) electrons. The number of nitriles is 1. The molecule has 0 aromatic heterocycles. The molecule has 0 saturated carbocycles. The van der Waals surface area contributed by atoms with Crippen LogP contribution in [0.5, 0.6) is 0 Å². The number of nitrogens with zero attached hydrogens (tertiary/aromatic N) is 2. The van der Waals surface area contributed by atoms with Crippen molar-refractivity contribution >= 4 is 23.0 Å². The maximum absolute atomic E-state index is 12.5. The highest BCUT2D eigenvalue weighted by atomic mass is 16.1. The van der Waals surface area contributed by atoms with Gasteiger partial charge in [0.05, 0.1) is 0 Å². The fourth-order valence-electron chi connectivity index (χ4n) is 3.22. The quantitative estimate of drug-likeness (QED) is 0.532. The van der Waals surface area contributed by atoms with Crippen LogP contribution in [0.3, 0.4) is 0 Å². The second-order valence-electron chi connectivity index (χ2n) is 6.76. The van der Waals surface area contributed by atoms with Gasteiger partial charge >= 0.3 is 0 Å². The van der Waals surface area contributed by atoms with Gasteiger partial charge in [0.1, 0.15) is 11.6 Å². The van der Waals surface area contributed by atoms with E-state index in [1.54, 1.807) is 0 Å². The van der Waals surface area contributed by atoms with Crippen LogP contribution in [0, 0.1) is 32.1 Å². The number of nitrogens with one attached hydrogen (secondary N) is 2. The minimum Gasteiger partial charge on any atom is -0.372 e. The maximum Gasteiger partial charge on any atom is 0.267 e. The molecule has 1 amide bonds. The Balaban J connectivity index is 2.11. The van der Waals surface area contributed by atoms with Gasteiger partial charge in [0.15, 0.2) is 0 Å². The average molecular weight is 377 g/mol. The minimum absolute atomic E-state index is 0.0206. The fraction of sp³-hybridized carbons (Fsp3) is 0.304. The van der Waals surface area contributed by atoms with Gasteiger partial charge in [0, 0.05) is 36.4 Å². The maximum atomic E-state index is 12.5. The van der Waals surface area contributed by atoms with Crippen molar-refractivity contribution in [2.45, 2.75) is 34.6 Å². The summed E-state index contributed by atoms with van der Waals surface area (Å²) in [6.45, 7) is 12.0. The molecule has 0 heterocycles. The highest BCUT2D eigenvalue weighted by Crippen LogP contribution is 2.22. The third-order valence-corrected chi connectivity index (χ3v) is 4.66. The molecular formula is C23H28N4O. The molecular weight excluding hydrogens is 348 g/mol. The van der Waals surface area contributed by atoms with Gasteiger partial charge in [0.25, 0.3) is 5.91 Å². The zero-order valence-electron chi connectivity index (χ0n) is 17.3. The predicted octanol–water partition coefficient (Wildman–Crippen LogP) is 4.92. The molecule has 2 aromatic rings. The summed E-state index contributed by atoms with van der Waals surface area (Å²) >= 11 is 0. The number of hydrogen-bond donors (Lipinski definition) is 2. The summed E-state index contributed by atoms with van der Waals surface area (Å²) in [5.41, 5.74) is 5.82. The molecule has 0 spiro atoms. The van der Waals surface area contributed by atoms with E-state index in [0.29, 0.717) is 0 Å². The lowest BCUT2D eigenvalue weighted by Crippen LogP contribution is -2.21. The van der Waals surface area contributed by atoms with Gasteiger partial charge in [-0.25, -0.2) is 0 Å². The Bertz CT molecular complexity index is 880. The summed E-state index contributed by atoms with van der Waals surface area (Å²) < 4.78 is 0. The number of carbonyl (C=O) groups is 1. The minimum atomic E-state index is -0.426. The van der Waals surface area contributed by atoms with Crippen LogP contribution in [-0.2, 0) is 4.79 Å². The van der Waals surface area contributed by atoms with Gasteiger partial charge < -0.3 is 15.5 Å². The molecule has 0 aliphatic carbocycles. The molecule has 28 heavy (non-hydrogen) atoms. The van der Waals surface area contributed by atoms with Crippen LogP contribution in [0.4, 0.5) is 17.1 Å². The molecule has 146 valence electrons. The Kier molecular flexibility index (Phi) is 7.22. The average Bonchev–Trinajstić information content (AvgIpc) is 2.67. The van der Waals surface area contributed by atoms with Crippen LogP contribution in [-0.4, -0.2) is 19.0 Å². The second kappa shape index (κ2) is 9.61. The monoisotopic (exact) mass is 376 g/mol. The largest absolute Gasteiger partial charge is 0.372 e. The Labute approximate surface area is 167 Å². The fourth-order valence-corrected chi connectivity index (χ4v) is 3.22. The van der Waals surface area contributed by atoms with E-state index in [1.165, 1.54) is 6.20 Å². The van der Waals surface area contributed by atoms with Crippen molar-refractivity contribution in [3.8, 4) is 6.07 Å². The molecule has 0 atom stereocenters. The van der Waals surface area contributed by atoms with Crippen LogP contribution < -0.4 is 15.5 Å². The lowest BCUT2D eigenvalue weighted by Gasteiger charge is -2.21. The summed E-state index contributed by atoms with van der Waals surface area (Å²) in [7, 11) is 0. The zero-order valence-corrected chi connectivity index (χ0v) is 17.3. The first-order chi connectivity index (χ1) is 13.4. The van der Waals surface area contributed by atoms with Crippen LogP contribution in [0.2, 0.25) is 0 Å². The van der Waals surface area contributed by atoms with Gasteiger partial charge in [-0.05, 0) is 70.0 Å². The smallest absolute Gasteiger partial charge is 0.267 e. The standard InChI is InChI=1S/C23H28N4O/c1-6-27(7-2)21-10-8-20(9-11-21)25-15-19(14-24)23(28)26-22-17(4)12-16(3)13-18(22)5/h8-13,15,25H,6-7H2,1-5H3,(H,26,28)/b19-15-. The second-order valence-corrected chi connectivity index (χ2v) is 6.76. The first-order valence-corrected chi connectivity index (χ1v) is 9.50. The number of benzene rings is 2. The number of amides is 1. The Morgan fingerprint density at radius 1 is 1.07 bits per heavy atom. The van der Waals surface area contributed by atoms with Crippen LogP contribution >= 0.6 is 0 Å². The first kappa shape index (κ1) is 21.0. The summed E-state index contributed by atoms with van der Waals surface area (Å²) in [6, 6.07) is 13.9. The molecule has 0 bridgehead atoms. The van der Waals surface area contributed by atoms with Crippen molar-refractivity contribution in [1.82, 2.24) is 0 Å². The highest BCUT2D eigenvalue weighted by molar-refractivity contribution is 6.07. The molecule has 0 aliphatic heterocycles. The Morgan fingerprint density at radius 3 is 2.14 bits per heavy atom. The lowest BCUT2D eigenvalue weighted by molar-refractivity contribution is -0.112. The zero-order chi connectivity index (χ0) is 20.7. The molecule has 5 heteroatoms. The van der Waals surface area contributed by atoms with Crippen LogP contribution in [0.1, 0.15) is 30.5 Å². The van der Waals surface area contributed by atoms with E-state index < -0.39 is 5.91 Å². The third kappa shape index (κ3) is 5.14. The van der Waals surface area contributed by atoms with Crippen molar-refractivity contribution in [3.05, 3.63) is 64.9 Å². The molecule has 2 rings (SSSR count). The van der Waals surface area contributed by atoms with Crippen molar-refractivity contribution < 1.29 is 4.79 Å². The van der Waals surface area contributed by atoms with Gasteiger partial charge in [0.2, 0.25) is 0 Å². The summed E-state index contributed by atoms with van der Waals surface area (Å²) in [4.78, 5) is 14.8. The highest BCUT2D eigenvalue weighted by Gasteiger charge is 2.13. The number of rotatable bonds is 7. The van der Waals surface area contributed by atoms with Crippen LogP contribution in [0.25, 0.3) is 0 Å². The molecule has 2 N–H and O–H groups in total. The van der Waals surface area contributed by atoms with E-state index in [1.807, 2.05) is 63.2 Å². The van der Waals surface area contributed by atoms with Gasteiger partial charge in [-0.15, -0.1) is 0 Å². The van der Waals surface area contributed by atoms with Gasteiger partial charge in [-0.2, -0.15) is 5.26 Å². The number of anilines is 3. The van der Waals surface area contributed by atoms with Gasteiger partial charge in [-0.3, -0.25) is 4.79 Å². The summed E-state index contributed by atoms with van der Waals surface area (Å²) in [5, 5.41) is 15.3. The summed E-state index contributed by atoms with van der Waals surface area (Å²) in [5.74, 6) is -0.426. The van der Waals surface area contributed by atoms with E-state index in [2.05, 4.69) is 29.4 Å². The lowest BCUT2D eigenvalue weighted by atomic mass is 10.0. The molecule has 0 unspecified atom stereocenters. The molecule has 0 aliphatic rings. The Morgan fingerprint density at radius 2 is 1.64 bits per heavy atom. The van der Waals surface area contributed by atoms with E-state index in [9.17, 15) is 10.1 Å². The normalized spacial score (nSPS) is 10.9. The van der Waals surface area contributed by atoms with E-state index in [4.69, 9.17) is 0 Å². The number of hydrogen-bond acceptors (Lipinski definition) is 4. The third-order valence-electron chi connectivity index (χ3n) is 4.66. The topological polar surface area (TPSA) is 68.2 Å². The molecule has 2 aromatic carbocycles. The first-order valence-electron chi connectivity index (χ1n) is 9.50. The van der Waals surface area contributed by atoms with Crippen molar-refractivity contribution in [2.75, 3.05) is 28.6 Å². The SMILES string of the molecule is CCN(CC)c1ccc(N/C=C(/C#N)C(=O)Nc2c(C)cc(C)cc2C)cc1. The van der Waals surface area contributed by atoms with E-state index >= 15 is 0 Å². The van der Waals surface area contributed by atoms with E-state index in [-0.39, 0.29) is 5.57 Å². The number of aryl methyl sites for hydroxylation is 3. The Hall–Kier alpha value is -3.26. The molecule has 0 saturated heterocycles. The summed E-state index contributed by atoms with van der Waals surface area (Å²) in [6.07, 6.45) is 1.45. The van der Waals surface area contributed by atoms with Crippen molar-refractivity contribution in [2.24, 2.45) is 0 Å². The molecule has 0 fully saturated rings. The number of carbonyl (C=O) groups excluding carboxylic acids is 1. The molecule has 5 nitrogen and oxygen atoms in total. The predicted molar refractivity (Wildman–Crippen MR) is 117 cm³/mol. The van der Waals surface area contributed by atoms with E-state index in [0.717, 1.165) is 46.8 Å². The van der Waals surface area contributed by atoms with Crippen LogP contribution in [0.15, 0.2) is 48.2 Å².